The van der Waals surface area contributed by atoms with Crippen LogP contribution in [0.15, 0.2) is 36.7 Å². The van der Waals surface area contributed by atoms with Gasteiger partial charge in [-0.2, -0.15) is 0 Å². The Bertz CT molecular complexity index is 706. The Morgan fingerprint density at radius 2 is 1.88 bits per heavy atom. The van der Waals surface area contributed by atoms with Crippen LogP contribution in [0.3, 0.4) is 0 Å². The number of methoxy groups -OCH3 is 3. The largest absolute Gasteiger partial charge is 0.493 e. The van der Waals surface area contributed by atoms with Crippen LogP contribution in [0, 0.1) is 0 Å². The Hall–Kier alpha value is -2.80. The van der Waals surface area contributed by atoms with Crippen molar-refractivity contribution < 1.29 is 19.0 Å². The molecule has 1 aromatic carbocycles. The molecule has 134 valence electrons. The lowest BCUT2D eigenvalue weighted by molar-refractivity contribution is 0.0950. The monoisotopic (exact) mass is 345 g/mol. The second kappa shape index (κ2) is 9.48. The highest BCUT2D eigenvalue weighted by atomic mass is 16.5. The normalized spacial score (nSPS) is 10.2. The van der Waals surface area contributed by atoms with Crippen molar-refractivity contribution in [2.45, 2.75) is 6.54 Å². The Kier molecular flexibility index (Phi) is 7.03. The first-order valence-electron chi connectivity index (χ1n) is 7.85. The molecule has 1 aromatic heterocycles. The standard InChI is InChI=1S/C18H23N3O4/c1-23-7-6-20-15-9-14(11-19-12-15)18(22)21-10-13-4-5-16(24-2)17(8-13)25-3/h4-5,8-9,11-12,20H,6-7,10H2,1-3H3,(H,21,22). The third kappa shape index (κ3) is 5.36. The van der Waals surface area contributed by atoms with Crippen LogP contribution in [0.5, 0.6) is 11.5 Å². The lowest BCUT2D eigenvalue weighted by atomic mass is 10.2. The summed E-state index contributed by atoms with van der Waals surface area (Å²) in [6.07, 6.45) is 3.20. The summed E-state index contributed by atoms with van der Waals surface area (Å²) in [5, 5.41) is 6.02. The van der Waals surface area contributed by atoms with E-state index in [-0.39, 0.29) is 5.91 Å². The van der Waals surface area contributed by atoms with Crippen molar-refractivity contribution in [2.75, 3.05) is 39.8 Å². The van der Waals surface area contributed by atoms with Crippen molar-refractivity contribution in [1.82, 2.24) is 10.3 Å². The Morgan fingerprint density at radius 1 is 1.08 bits per heavy atom. The van der Waals surface area contributed by atoms with Crippen molar-refractivity contribution in [3.63, 3.8) is 0 Å². The number of aromatic nitrogens is 1. The van der Waals surface area contributed by atoms with Gasteiger partial charge in [0.15, 0.2) is 11.5 Å². The number of hydrogen-bond donors (Lipinski definition) is 2. The van der Waals surface area contributed by atoms with E-state index in [4.69, 9.17) is 14.2 Å². The summed E-state index contributed by atoms with van der Waals surface area (Å²) < 4.78 is 15.5. The molecule has 0 fully saturated rings. The summed E-state index contributed by atoms with van der Waals surface area (Å²) >= 11 is 0. The highest BCUT2D eigenvalue weighted by molar-refractivity contribution is 5.94. The number of amides is 1. The van der Waals surface area contributed by atoms with Crippen LogP contribution in [0.25, 0.3) is 0 Å². The van der Waals surface area contributed by atoms with Gasteiger partial charge in [0.1, 0.15) is 0 Å². The number of nitrogens with zero attached hydrogens (tertiary/aromatic N) is 1. The molecule has 1 amide bonds. The predicted molar refractivity (Wildman–Crippen MR) is 95.3 cm³/mol. The van der Waals surface area contributed by atoms with Gasteiger partial charge in [0.05, 0.1) is 32.1 Å². The fourth-order valence-corrected chi connectivity index (χ4v) is 2.23. The minimum absolute atomic E-state index is 0.197. The Labute approximate surface area is 147 Å². The molecule has 0 bridgehead atoms. The minimum Gasteiger partial charge on any atom is -0.493 e. The van der Waals surface area contributed by atoms with Gasteiger partial charge in [-0.25, -0.2) is 0 Å². The molecular formula is C18H23N3O4. The first kappa shape index (κ1) is 18.5. The van der Waals surface area contributed by atoms with Gasteiger partial charge in [-0.15, -0.1) is 0 Å². The number of ether oxygens (including phenoxy) is 3. The Morgan fingerprint density at radius 3 is 2.60 bits per heavy atom. The number of pyridine rings is 1. The van der Waals surface area contributed by atoms with E-state index < -0.39 is 0 Å². The molecule has 0 saturated heterocycles. The van der Waals surface area contributed by atoms with Gasteiger partial charge >= 0.3 is 0 Å². The SMILES string of the molecule is COCCNc1cncc(C(=O)NCc2ccc(OC)c(OC)c2)c1. The number of carbonyl (C=O) groups excluding carboxylic acids is 1. The van der Waals surface area contributed by atoms with Crippen molar-refractivity contribution in [1.29, 1.82) is 0 Å². The summed E-state index contributed by atoms with van der Waals surface area (Å²) in [6, 6.07) is 7.28. The van der Waals surface area contributed by atoms with Gasteiger partial charge < -0.3 is 24.8 Å². The molecule has 0 spiro atoms. The van der Waals surface area contributed by atoms with E-state index in [0.717, 1.165) is 11.3 Å². The number of benzene rings is 1. The maximum absolute atomic E-state index is 12.3. The molecule has 0 aliphatic heterocycles. The van der Waals surface area contributed by atoms with Gasteiger partial charge in [0.25, 0.3) is 5.91 Å². The van der Waals surface area contributed by atoms with E-state index >= 15 is 0 Å². The third-order valence-electron chi connectivity index (χ3n) is 3.54. The van der Waals surface area contributed by atoms with Crippen LogP contribution in [0.1, 0.15) is 15.9 Å². The lowest BCUT2D eigenvalue weighted by Crippen LogP contribution is -2.23. The summed E-state index contributed by atoms with van der Waals surface area (Å²) in [5.74, 6) is 1.08. The number of anilines is 1. The van der Waals surface area contributed by atoms with Gasteiger partial charge in [0, 0.05) is 32.6 Å². The molecule has 0 unspecified atom stereocenters. The average molecular weight is 345 g/mol. The first-order valence-corrected chi connectivity index (χ1v) is 7.85. The molecule has 0 atom stereocenters. The van der Waals surface area contributed by atoms with Crippen molar-refractivity contribution in [3.8, 4) is 11.5 Å². The topological polar surface area (TPSA) is 81.7 Å². The lowest BCUT2D eigenvalue weighted by Gasteiger charge is -2.11. The molecule has 0 saturated carbocycles. The van der Waals surface area contributed by atoms with Crippen molar-refractivity contribution in [3.05, 3.63) is 47.8 Å². The van der Waals surface area contributed by atoms with Gasteiger partial charge in [-0.1, -0.05) is 6.07 Å². The van der Waals surface area contributed by atoms with Crippen LogP contribution in [0.4, 0.5) is 5.69 Å². The van der Waals surface area contributed by atoms with Gasteiger partial charge in [-0.05, 0) is 23.8 Å². The van der Waals surface area contributed by atoms with E-state index in [0.29, 0.717) is 36.8 Å². The van der Waals surface area contributed by atoms with Crippen LogP contribution >= 0.6 is 0 Å². The Balaban J connectivity index is 1.97. The molecule has 2 rings (SSSR count). The van der Waals surface area contributed by atoms with Gasteiger partial charge in [-0.3, -0.25) is 9.78 Å². The van der Waals surface area contributed by atoms with Crippen LogP contribution in [0.2, 0.25) is 0 Å². The molecule has 7 nitrogen and oxygen atoms in total. The zero-order valence-electron chi connectivity index (χ0n) is 14.7. The maximum Gasteiger partial charge on any atom is 0.253 e. The molecule has 0 aliphatic rings. The predicted octanol–water partition coefficient (Wildman–Crippen LogP) is 2.09. The second-order valence-corrected chi connectivity index (χ2v) is 5.25. The fraction of sp³-hybridized carbons (Fsp3) is 0.333. The van der Waals surface area contributed by atoms with E-state index in [2.05, 4.69) is 15.6 Å². The van der Waals surface area contributed by atoms with Crippen molar-refractivity contribution >= 4 is 11.6 Å². The highest BCUT2D eigenvalue weighted by Crippen LogP contribution is 2.27. The highest BCUT2D eigenvalue weighted by Gasteiger charge is 2.09. The average Bonchev–Trinajstić information content (AvgIpc) is 2.66. The molecule has 2 aromatic rings. The molecule has 0 aliphatic carbocycles. The van der Waals surface area contributed by atoms with E-state index in [1.807, 2.05) is 18.2 Å². The number of nitrogens with one attached hydrogen (secondary N) is 2. The number of carbonyl (C=O) groups is 1. The summed E-state index contributed by atoms with van der Waals surface area (Å²) in [7, 11) is 4.80. The zero-order valence-corrected chi connectivity index (χ0v) is 14.7. The van der Waals surface area contributed by atoms with Crippen LogP contribution < -0.4 is 20.1 Å². The molecule has 2 N–H and O–H groups in total. The third-order valence-corrected chi connectivity index (χ3v) is 3.54. The number of rotatable bonds is 9. The number of hydrogen-bond acceptors (Lipinski definition) is 6. The quantitative estimate of drug-likeness (QED) is 0.677. The molecule has 7 heteroatoms. The first-order chi connectivity index (χ1) is 12.2. The summed E-state index contributed by atoms with van der Waals surface area (Å²) in [5.41, 5.74) is 2.17. The van der Waals surface area contributed by atoms with E-state index in [1.165, 1.54) is 6.20 Å². The fourth-order valence-electron chi connectivity index (χ4n) is 2.23. The molecule has 25 heavy (non-hydrogen) atoms. The summed E-state index contributed by atoms with van der Waals surface area (Å²) in [4.78, 5) is 16.4. The van der Waals surface area contributed by atoms with Crippen LogP contribution in [-0.4, -0.2) is 45.4 Å². The van der Waals surface area contributed by atoms with Gasteiger partial charge in [0.2, 0.25) is 0 Å². The molecule has 0 radical (unpaired) electrons. The smallest absolute Gasteiger partial charge is 0.253 e. The minimum atomic E-state index is -0.197. The van der Waals surface area contributed by atoms with E-state index in [9.17, 15) is 4.79 Å². The maximum atomic E-state index is 12.3. The second-order valence-electron chi connectivity index (χ2n) is 5.25. The van der Waals surface area contributed by atoms with E-state index in [1.54, 1.807) is 33.6 Å². The molecule has 1 heterocycles. The zero-order chi connectivity index (χ0) is 18.1. The molecular weight excluding hydrogens is 322 g/mol. The van der Waals surface area contributed by atoms with Crippen LogP contribution in [-0.2, 0) is 11.3 Å². The summed E-state index contributed by atoms with van der Waals surface area (Å²) in [6.45, 7) is 1.60. The van der Waals surface area contributed by atoms with Crippen molar-refractivity contribution in [2.24, 2.45) is 0 Å².